The third-order valence-electron chi connectivity index (χ3n) is 2.09. The lowest BCUT2D eigenvalue weighted by Gasteiger charge is -2.16. The van der Waals surface area contributed by atoms with Crippen LogP contribution in [0.5, 0.6) is 0 Å². The van der Waals surface area contributed by atoms with Crippen LogP contribution in [0.2, 0.25) is 0 Å². The fourth-order valence-corrected chi connectivity index (χ4v) is 1.46. The fourth-order valence-electron chi connectivity index (χ4n) is 1.46. The standard InChI is InChI=1S/C10H8N2O2/c13-6-11-9-5-7-3-1-2-4-8(7)10(14)12-9/h1-4,6H,5H2,(H,11,12,13,14). The summed E-state index contributed by atoms with van der Waals surface area (Å²) in [7, 11) is 0. The van der Waals surface area contributed by atoms with Crippen LogP contribution in [0.15, 0.2) is 29.3 Å². The van der Waals surface area contributed by atoms with Gasteiger partial charge in [0.1, 0.15) is 5.84 Å². The van der Waals surface area contributed by atoms with Crippen molar-refractivity contribution in [2.24, 2.45) is 4.99 Å². The highest BCUT2D eigenvalue weighted by molar-refractivity contribution is 6.12. The van der Waals surface area contributed by atoms with Crippen LogP contribution in [0.1, 0.15) is 15.9 Å². The van der Waals surface area contributed by atoms with Gasteiger partial charge >= 0.3 is 0 Å². The summed E-state index contributed by atoms with van der Waals surface area (Å²) in [4.78, 5) is 25.2. The number of carbonyl (C=O) groups excluding carboxylic acids is 2. The second-order valence-electron chi connectivity index (χ2n) is 2.97. The third-order valence-corrected chi connectivity index (χ3v) is 2.09. The molecule has 0 unspecified atom stereocenters. The van der Waals surface area contributed by atoms with Gasteiger partial charge in [-0.3, -0.25) is 9.59 Å². The van der Waals surface area contributed by atoms with Gasteiger partial charge in [0.15, 0.2) is 0 Å². The van der Waals surface area contributed by atoms with E-state index in [1.54, 1.807) is 12.1 Å². The van der Waals surface area contributed by atoms with Gasteiger partial charge in [-0.15, -0.1) is 0 Å². The lowest BCUT2D eigenvalue weighted by Crippen LogP contribution is -2.37. The molecule has 1 aliphatic heterocycles. The molecule has 0 aromatic heterocycles. The molecule has 2 rings (SSSR count). The minimum atomic E-state index is -0.201. The molecule has 1 heterocycles. The van der Waals surface area contributed by atoms with Crippen LogP contribution in [0, 0.1) is 0 Å². The number of hydrogen-bond donors (Lipinski definition) is 1. The van der Waals surface area contributed by atoms with Crippen LogP contribution in [0.25, 0.3) is 0 Å². The minimum Gasteiger partial charge on any atom is -0.310 e. The first-order chi connectivity index (χ1) is 6.81. The van der Waals surface area contributed by atoms with Crippen LogP contribution >= 0.6 is 0 Å². The molecule has 4 nitrogen and oxygen atoms in total. The van der Waals surface area contributed by atoms with Crippen molar-refractivity contribution in [3.8, 4) is 0 Å². The molecule has 0 aliphatic carbocycles. The van der Waals surface area contributed by atoms with Crippen molar-refractivity contribution >= 4 is 18.2 Å². The van der Waals surface area contributed by atoms with E-state index in [4.69, 9.17) is 0 Å². The average Bonchev–Trinajstić information content (AvgIpc) is 2.18. The Morgan fingerprint density at radius 3 is 2.93 bits per heavy atom. The molecule has 0 spiro atoms. The Kier molecular flexibility index (Phi) is 2.10. The van der Waals surface area contributed by atoms with Crippen molar-refractivity contribution in [1.29, 1.82) is 0 Å². The number of nitrogens with one attached hydrogen (secondary N) is 1. The summed E-state index contributed by atoms with van der Waals surface area (Å²) in [5.74, 6) is 0.205. The molecule has 0 saturated carbocycles. The summed E-state index contributed by atoms with van der Waals surface area (Å²) >= 11 is 0. The van der Waals surface area contributed by atoms with Gasteiger partial charge in [-0.1, -0.05) is 18.2 Å². The molecule has 0 atom stereocenters. The molecule has 1 aromatic carbocycles. The maximum absolute atomic E-state index is 11.5. The monoisotopic (exact) mass is 188 g/mol. The van der Waals surface area contributed by atoms with Crippen molar-refractivity contribution < 1.29 is 9.59 Å². The lowest BCUT2D eigenvalue weighted by atomic mass is 10.00. The number of amidine groups is 1. The van der Waals surface area contributed by atoms with Gasteiger partial charge in [0.2, 0.25) is 6.41 Å². The van der Waals surface area contributed by atoms with E-state index in [0.29, 0.717) is 24.2 Å². The van der Waals surface area contributed by atoms with E-state index in [2.05, 4.69) is 10.3 Å². The van der Waals surface area contributed by atoms with Crippen LogP contribution in [0.3, 0.4) is 0 Å². The van der Waals surface area contributed by atoms with Gasteiger partial charge in [-0.25, -0.2) is 4.99 Å². The van der Waals surface area contributed by atoms with Gasteiger partial charge in [-0.2, -0.15) is 0 Å². The zero-order valence-electron chi connectivity index (χ0n) is 7.36. The maximum atomic E-state index is 11.5. The first-order valence-corrected chi connectivity index (χ1v) is 4.21. The number of benzene rings is 1. The number of aliphatic imine (C=N–C) groups is 1. The fraction of sp³-hybridized carbons (Fsp3) is 0.100. The highest BCUT2D eigenvalue weighted by atomic mass is 16.2. The molecule has 0 saturated heterocycles. The van der Waals surface area contributed by atoms with Gasteiger partial charge < -0.3 is 5.32 Å². The smallest absolute Gasteiger partial charge is 0.256 e. The largest absolute Gasteiger partial charge is 0.310 e. The van der Waals surface area contributed by atoms with Gasteiger partial charge in [0.25, 0.3) is 5.91 Å². The number of carbonyl (C=O) groups is 2. The molecule has 0 bridgehead atoms. The SMILES string of the molecule is O=CN=C1Cc2ccccc2C(=O)N1. The topological polar surface area (TPSA) is 58.5 Å². The predicted molar refractivity (Wildman–Crippen MR) is 51.1 cm³/mol. The highest BCUT2D eigenvalue weighted by Gasteiger charge is 2.19. The van der Waals surface area contributed by atoms with Gasteiger partial charge in [0.05, 0.1) is 0 Å². The summed E-state index contributed by atoms with van der Waals surface area (Å²) in [5, 5.41) is 2.55. The maximum Gasteiger partial charge on any atom is 0.256 e. The Bertz CT molecular complexity index is 424. The lowest BCUT2D eigenvalue weighted by molar-refractivity contribution is -0.106. The number of hydrogen-bond acceptors (Lipinski definition) is 2. The molecule has 2 amide bonds. The van der Waals surface area contributed by atoms with Crippen molar-refractivity contribution in [2.45, 2.75) is 6.42 Å². The quantitative estimate of drug-likeness (QED) is 0.653. The molecule has 0 fully saturated rings. The van der Waals surface area contributed by atoms with Gasteiger partial charge in [-0.05, 0) is 11.6 Å². The summed E-state index contributed by atoms with van der Waals surface area (Å²) in [5.41, 5.74) is 1.55. The van der Waals surface area contributed by atoms with Crippen molar-refractivity contribution in [3.63, 3.8) is 0 Å². The van der Waals surface area contributed by atoms with Crippen LogP contribution in [-0.4, -0.2) is 18.2 Å². The summed E-state index contributed by atoms with van der Waals surface area (Å²) in [6.07, 6.45) is 0.935. The van der Waals surface area contributed by atoms with E-state index in [1.807, 2.05) is 12.1 Å². The molecule has 0 radical (unpaired) electrons. The molecular weight excluding hydrogens is 180 g/mol. The van der Waals surface area contributed by atoms with Crippen LogP contribution in [-0.2, 0) is 11.2 Å². The van der Waals surface area contributed by atoms with E-state index in [9.17, 15) is 9.59 Å². The Morgan fingerprint density at radius 1 is 1.36 bits per heavy atom. The normalized spacial score (nSPS) is 17.4. The second kappa shape index (κ2) is 3.41. The average molecular weight is 188 g/mol. The highest BCUT2D eigenvalue weighted by Crippen LogP contribution is 2.13. The zero-order valence-corrected chi connectivity index (χ0v) is 7.36. The second-order valence-corrected chi connectivity index (χ2v) is 2.97. The molecule has 4 heteroatoms. The van der Waals surface area contributed by atoms with Crippen molar-refractivity contribution in [1.82, 2.24) is 5.32 Å². The summed E-state index contributed by atoms with van der Waals surface area (Å²) < 4.78 is 0. The third kappa shape index (κ3) is 1.42. The summed E-state index contributed by atoms with van der Waals surface area (Å²) in [6, 6.07) is 7.27. The molecule has 70 valence electrons. The van der Waals surface area contributed by atoms with E-state index < -0.39 is 0 Å². The van der Waals surface area contributed by atoms with Crippen molar-refractivity contribution in [2.75, 3.05) is 0 Å². The van der Waals surface area contributed by atoms with Gasteiger partial charge in [0, 0.05) is 12.0 Å². The Morgan fingerprint density at radius 2 is 2.14 bits per heavy atom. The van der Waals surface area contributed by atoms with Crippen molar-refractivity contribution in [3.05, 3.63) is 35.4 Å². The molecule has 1 N–H and O–H groups in total. The molecule has 1 aromatic rings. The Labute approximate surface area is 80.7 Å². The first kappa shape index (κ1) is 8.62. The Balaban J connectivity index is 2.43. The number of nitrogens with zero attached hydrogens (tertiary/aromatic N) is 1. The summed E-state index contributed by atoms with van der Waals surface area (Å²) in [6.45, 7) is 0. The number of amides is 2. The predicted octanol–water partition coefficient (Wildman–Crippen LogP) is 0.527. The minimum absolute atomic E-state index is 0.201. The molecular formula is C10H8N2O2. The van der Waals surface area contributed by atoms with Crippen LogP contribution < -0.4 is 5.32 Å². The molecule has 14 heavy (non-hydrogen) atoms. The van der Waals surface area contributed by atoms with E-state index in [0.717, 1.165) is 5.56 Å². The van der Waals surface area contributed by atoms with E-state index in [-0.39, 0.29) is 5.91 Å². The number of fused-ring (bicyclic) bond motifs is 1. The van der Waals surface area contributed by atoms with E-state index in [1.165, 1.54) is 0 Å². The first-order valence-electron chi connectivity index (χ1n) is 4.21. The molecule has 1 aliphatic rings. The number of rotatable bonds is 1. The zero-order chi connectivity index (χ0) is 9.97. The van der Waals surface area contributed by atoms with Crippen LogP contribution in [0.4, 0.5) is 0 Å². The van der Waals surface area contributed by atoms with E-state index >= 15 is 0 Å². The Hall–Kier alpha value is -1.97.